The van der Waals surface area contributed by atoms with Crippen molar-refractivity contribution in [1.29, 1.82) is 0 Å². The first kappa shape index (κ1) is 37.1. The predicted molar refractivity (Wildman–Crippen MR) is 248 cm³/mol. The van der Waals surface area contributed by atoms with Gasteiger partial charge in [0, 0.05) is 69.0 Å². The molecule has 0 N–H and O–H groups in total. The van der Waals surface area contributed by atoms with Gasteiger partial charge in [-0.25, -0.2) is 0 Å². The Hall–Kier alpha value is -7.24. The lowest BCUT2D eigenvalue weighted by Crippen LogP contribution is -2.29. The van der Waals surface area contributed by atoms with Crippen LogP contribution in [0.4, 0.5) is 17.1 Å². The van der Waals surface area contributed by atoms with E-state index in [1.807, 2.05) is 18.5 Å². The minimum atomic E-state index is -0.524. The van der Waals surface area contributed by atoms with Crippen molar-refractivity contribution in [3.8, 4) is 33.7 Å². The average molecular weight is 780 g/mol. The van der Waals surface area contributed by atoms with Gasteiger partial charge in [-0.05, 0) is 111 Å². The number of hydrogen-bond acceptors (Lipinski definition) is 5. The second kappa shape index (κ2) is 14.9. The molecule has 0 radical (unpaired) electrons. The summed E-state index contributed by atoms with van der Waals surface area (Å²) in [5, 5.41) is 0.976. The Bertz CT molecular complexity index is 3020. The van der Waals surface area contributed by atoms with Crippen molar-refractivity contribution < 1.29 is 9.15 Å². The maximum Gasteiger partial charge on any atom is 0.138 e. The molecule has 4 heterocycles. The summed E-state index contributed by atoms with van der Waals surface area (Å²) in [5.74, 6) is 1.75. The van der Waals surface area contributed by atoms with Crippen LogP contribution in [0, 0.1) is 27.7 Å². The molecule has 0 bridgehead atoms. The zero-order valence-electron chi connectivity index (χ0n) is 34.5. The maximum atomic E-state index is 6.85. The normalized spacial score (nSPS) is 15.8. The van der Waals surface area contributed by atoms with Crippen LogP contribution < -0.4 is 4.90 Å². The third-order valence-electron chi connectivity index (χ3n) is 12.0. The van der Waals surface area contributed by atoms with Crippen molar-refractivity contribution in [2.75, 3.05) is 4.90 Å². The number of anilines is 3. The minimum absolute atomic E-state index is 0.524. The Balaban J connectivity index is 1.13. The molecule has 60 heavy (non-hydrogen) atoms. The molecule has 2 aliphatic heterocycles. The molecule has 1 atom stereocenters. The standard InChI is InChI=1S/C55H45N3O2/c1-35-15-11-16-36(2)51(35)49-33-45-48(59-49)27-29-56-53(45)40-21-13-23-42(31-40)58(47-26-10-9-25-44(47)39-19-7-6-8-20-39)43-24-14-22-41(32-43)54-46-34-50(60-55(46,5)28-30-57-54)52-37(3)17-12-18-38(52)4/h6-27,29-34H,28H2,1-5H3. The number of aryl methyl sites for hydroxylation is 4. The third kappa shape index (κ3) is 6.43. The summed E-state index contributed by atoms with van der Waals surface area (Å²) in [6, 6.07) is 53.5. The molecule has 0 fully saturated rings. The molecular weight excluding hydrogens is 735 g/mol. The number of ether oxygens (including phenoxy) is 1. The van der Waals surface area contributed by atoms with Gasteiger partial charge >= 0.3 is 0 Å². The van der Waals surface area contributed by atoms with Gasteiger partial charge in [0.1, 0.15) is 22.7 Å². The van der Waals surface area contributed by atoms with E-state index in [1.54, 1.807) is 0 Å². The van der Waals surface area contributed by atoms with E-state index in [9.17, 15) is 0 Å². The van der Waals surface area contributed by atoms with Crippen LogP contribution in [0.1, 0.15) is 46.7 Å². The Morgan fingerprint density at radius 2 is 1.22 bits per heavy atom. The Labute approximate surface area is 351 Å². The van der Waals surface area contributed by atoms with Gasteiger partial charge in [0.2, 0.25) is 0 Å². The second-order valence-electron chi connectivity index (χ2n) is 16.2. The van der Waals surface area contributed by atoms with E-state index in [-0.39, 0.29) is 0 Å². The number of fused-ring (bicyclic) bond motifs is 2. The lowest BCUT2D eigenvalue weighted by molar-refractivity contribution is 0.121. The topological polar surface area (TPSA) is 50.9 Å². The third-order valence-corrected chi connectivity index (χ3v) is 12.0. The van der Waals surface area contributed by atoms with Crippen molar-refractivity contribution >= 4 is 45.7 Å². The number of aromatic nitrogens is 1. The molecule has 5 nitrogen and oxygen atoms in total. The quantitative estimate of drug-likeness (QED) is 0.154. The number of aliphatic imine (C=N–C) groups is 1. The number of nitrogens with zero attached hydrogens (tertiary/aromatic N) is 3. The first-order valence-electron chi connectivity index (χ1n) is 20.6. The average Bonchev–Trinajstić information content (AvgIpc) is 3.85. The fourth-order valence-corrected chi connectivity index (χ4v) is 9.08. The molecule has 0 saturated heterocycles. The van der Waals surface area contributed by atoms with Gasteiger partial charge in [0.25, 0.3) is 0 Å². The highest BCUT2D eigenvalue weighted by atomic mass is 16.5. The fourth-order valence-electron chi connectivity index (χ4n) is 9.08. The molecule has 6 aromatic carbocycles. The van der Waals surface area contributed by atoms with Crippen LogP contribution >= 0.6 is 0 Å². The molecular formula is C55H45N3O2. The summed E-state index contributed by atoms with van der Waals surface area (Å²) >= 11 is 0. The lowest BCUT2D eigenvalue weighted by atomic mass is 9.88. The van der Waals surface area contributed by atoms with Crippen molar-refractivity contribution in [2.45, 2.75) is 46.6 Å². The summed E-state index contributed by atoms with van der Waals surface area (Å²) in [5.41, 5.74) is 17.5. The van der Waals surface area contributed by atoms with E-state index in [1.165, 1.54) is 22.3 Å². The molecule has 2 aliphatic rings. The summed E-state index contributed by atoms with van der Waals surface area (Å²) in [7, 11) is 0. The Morgan fingerprint density at radius 3 is 1.95 bits per heavy atom. The molecule has 0 amide bonds. The van der Waals surface area contributed by atoms with E-state index in [4.69, 9.17) is 19.1 Å². The zero-order chi connectivity index (χ0) is 41.0. The van der Waals surface area contributed by atoms with E-state index in [0.29, 0.717) is 6.42 Å². The van der Waals surface area contributed by atoms with Crippen LogP contribution in [0.2, 0.25) is 0 Å². The molecule has 5 heteroatoms. The van der Waals surface area contributed by atoms with Crippen LogP contribution in [0.15, 0.2) is 179 Å². The van der Waals surface area contributed by atoms with Crippen molar-refractivity contribution in [2.24, 2.45) is 4.99 Å². The Kier molecular flexibility index (Phi) is 9.17. The first-order valence-corrected chi connectivity index (χ1v) is 20.6. The molecule has 0 aliphatic carbocycles. The molecule has 2 aromatic heterocycles. The van der Waals surface area contributed by atoms with Gasteiger partial charge < -0.3 is 14.1 Å². The van der Waals surface area contributed by atoms with Crippen molar-refractivity contribution in [3.63, 3.8) is 0 Å². The van der Waals surface area contributed by atoms with Gasteiger partial charge in [-0.3, -0.25) is 9.98 Å². The second-order valence-corrected chi connectivity index (χ2v) is 16.2. The Morgan fingerprint density at radius 1 is 0.600 bits per heavy atom. The molecule has 0 saturated carbocycles. The van der Waals surface area contributed by atoms with Gasteiger partial charge in [0.15, 0.2) is 0 Å². The van der Waals surface area contributed by atoms with E-state index < -0.39 is 5.60 Å². The van der Waals surface area contributed by atoms with Crippen LogP contribution in [0.25, 0.3) is 56.1 Å². The van der Waals surface area contributed by atoms with E-state index in [0.717, 1.165) is 89.9 Å². The molecule has 1 unspecified atom stereocenters. The number of hydrogen-bond donors (Lipinski definition) is 0. The molecule has 10 rings (SSSR count). The SMILES string of the molecule is Cc1cccc(C)c1C1=CC2=C(c3cccc(N(c4cccc(-c5nccc6oc(-c7c(C)cccc7C)cc56)c4)c4ccccc4-c4ccccc4)c3)N=CCC2(C)O1. The zero-order valence-corrected chi connectivity index (χ0v) is 34.5. The number of furan rings is 1. The van der Waals surface area contributed by atoms with Gasteiger partial charge in [-0.15, -0.1) is 0 Å². The minimum Gasteiger partial charge on any atom is -0.482 e. The number of para-hydroxylation sites is 1. The smallest absolute Gasteiger partial charge is 0.138 e. The van der Waals surface area contributed by atoms with E-state index >= 15 is 0 Å². The molecule has 292 valence electrons. The number of pyridine rings is 1. The summed E-state index contributed by atoms with van der Waals surface area (Å²) in [6.07, 6.45) is 6.77. The number of benzene rings is 6. The monoisotopic (exact) mass is 779 g/mol. The number of rotatable bonds is 8. The van der Waals surface area contributed by atoms with Crippen LogP contribution in [0.3, 0.4) is 0 Å². The molecule has 8 aromatic rings. The molecule has 0 spiro atoms. The highest BCUT2D eigenvalue weighted by Crippen LogP contribution is 2.48. The van der Waals surface area contributed by atoms with Crippen molar-refractivity contribution in [3.05, 3.63) is 203 Å². The highest BCUT2D eigenvalue weighted by molar-refractivity contribution is 5.97. The van der Waals surface area contributed by atoms with Gasteiger partial charge in [-0.1, -0.05) is 109 Å². The maximum absolute atomic E-state index is 6.85. The summed E-state index contributed by atoms with van der Waals surface area (Å²) < 4.78 is 13.4. The van der Waals surface area contributed by atoms with Crippen molar-refractivity contribution in [1.82, 2.24) is 4.98 Å². The first-order chi connectivity index (χ1) is 29.3. The van der Waals surface area contributed by atoms with Crippen LogP contribution in [-0.4, -0.2) is 16.8 Å². The fraction of sp³-hybridized carbons (Fsp3) is 0.127. The predicted octanol–water partition coefficient (Wildman–Crippen LogP) is 14.5. The lowest BCUT2D eigenvalue weighted by Gasteiger charge is -2.31. The van der Waals surface area contributed by atoms with Crippen LogP contribution in [0.5, 0.6) is 0 Å². The largest absolute Gasteiger partial charge is 0.482 e. The van der Waals surface area contributed by atoms with E-state index in [2.05, 4.69) is 191 Å². The van der Waals surface area contributed by atoms with Gasteiger partial charge in [0.05, 0.1) is 17.1 Å². The van der Waals surface area contributed by atoms with Crippen LogP contribution in [-0.2, 0) is 4.74 Å². The van der Waals surface area contributed by atoms with Gasteiger partial charge in [-0.2, -0.15) is 0 Å². The summed E-state index contributed by atoms with van der Waals surface area (Å²) in [6.45, 7) is 10.7. The highest BCUT2D eigenvalue weighted by Gasteiger charge is 2.41. The summed E-state index contributed by atoms with van der Waals surface area (Å²) in [4.78, 5) is 12.4.